The van der Waals surface area contributed by atoms with Crippen LogP contribution in [0, 0.1) is 0 Å². The lowest BCUT2D eigenvalue weighted by atomic mass is 9.90. The van der Waals surface area contributed by atoms with Crippen LogP contribution in [0.5, 0.6) is 5.75 Å². The average Bonchev–Trinajstić information content (AvgIpc) is 2.68. The topological polar surface area (TPSA) is 94.9 Å². The van der Waals surface area contributed by atoms with Gasteiger partial charge < -0.3 is 10.2 Å². The van der Waals surface area contributed by atoms with Crippen LogP contribution in [0.25, 0.3) is 11.1 Å². The molecule has 0 saturated heterocycles. The highest BCUT2D eigenvalue weighted by Gasteiger charge is 2.37. The van der Waals surface area contributed by atoms with E-state index >= 15 is 0 Å². The number of carboxylic acids is 1. The Kier molecular flexibility index (Phi) is 4.12. The number of hydrogen-bond donors (Lipinski definition) is 2. The van der Waals surface area contributed by atoms with Crippen LogP contribution in [-0.2, 0) is 10.0 Å². The fourth-order valence-electron chi connectivity index (χ4n) is 3.63. The van der Waals surface area contributed by atoms with Crippen molar-refractivity contribution < 1.29 is 23.4 Å². The molecule has 28 heavy (non-hydrogen) atoms. The van der Waals surface area contributed by atoms with E-state index in [9.17, 15) is 23.4 Å². The molecule has 0 aromatic heterocycles. The minimum atomic E-state index is -4.08. The molecule has 0 amide bonds. The Hall–Kier alpha value is -3.32. The molecule has 0 bridgehead atoms. The van der Waals surface area contributed by atoms with E-state index in [0.29, 0.717) is 5.69 Å². The number of carbonyl (C=O) groups is 1. The number of benzene rings is 3. The molecule has 1 aliphatic rings. The van der Waals surface area contributed by atoms with Crippen molar-refractivity contribution >= 4 is 21.7 Å². The first kappa shape index (κ1) is 18.1. The Morgan fingerprint density at radius 2 is 1.61 bits per heavy atom. The number of aromatic carboxylic acids is 1. The number of fused-ring (bicyclic) bond motifs is 3. The zero-order valence-electron chi connectivity index (χ0n) is 14.9. The third-order valence-corrected chi connectivity index (χ3v) is 6.83. The number of hydrogen-bond acceptors (Lipinski definition) is 4. The largest absolute Gasteiger partial charge is 0.507 e. The molecule has 4 rings (SSSR count). The molecular formula is C21H17NO5S. The zero-order valence-corrected chi connectivity index (χ0v) is 15.7. The lowest BCUT2D eigenvalue weighted by molar-refractivity contribution is 0.0693. The summed E-state index contributed by atoms with van der Waals surface area (Å²) in [5.74, 6) is -1.88. The van der Waals surface area contributed by atoms with Crippen LogP contribution < -0.4 is 4.31 Å². The summed E-state index contributed by atoms with van der Waals surface area (Å²) in [4.78, 5) is 11.1. The van der Waals surface area contributed by atoms with Crippen molar-refractivity contribution in [1.82, 2.24) is 0 Å². The number of anilines is 1. The van der Waals surface area contributed by atoms with Gasteiger partial charge in [0.05, 0.1) is 16.6 Å². The molecule has 6 nitrogen and oxygen atoms in total. The van der Waals surface area contributed by atoms with Crippen molar-refractivity contribution in [3.05, 3.63) is 77.9 Å². The van der Waals surface area contributed by atoms with Crippen LogP contribution in [0.15, 0.2) is 71.6 Å². The van der Waals surface area contributed by atoms with E-state index < -0.39 is 33.3 Å². The summed E-state index contributed by atoms with van der Waals surface area (Å²) in [6, 6.07) is 17.6. The normalized spacial score (nSPS) is 15.6. The Morgan fingerprint density at radius 1 is 0.964 bits per heavy atom. The minimum Gasteiger partial charge on any atom is -0.507 e. The van der Waals surface area contributed by atoms with Crippen molar-refractivity contribution in [1.29, 1.82) is 0 Å². The number of para-hydroxylation sites is 1. The molecule has 1 heterocycles. The lowest BCUT2D eigenvalue weighted by Crippen LogP contribution is -2.36. The number of rotatable bonds is 3. The molecular weight excluding hydrogens is 378 g/mol. The number of phenols is 1. The first-order valence-corrected chi connectivity index (χ1v) is 10.1. The molecule has 2 N–H and O–H groups in total. The van der Waals surface area contributed by atoms with Crippen molar-refractivity contribution in [3.8, 4) is 16.9 Å². The molecule has 3 aromatic carbocycles. The van der Waals surface area contributed by atoms with Crippen LogP contribution in [0.2, 0.25) is 0 Å². The van der Waals surface area contributed by atoms with Gasteiger partial charge >= 0.3 is 5.97 Å². The standard InChI is InChI=1S/C21H17NO5S/c1-13-15-6-2-3-7-16(15)17-8-4-5-9-19(17)22(13)28(26,27)14-10-11-20(23)18(12-14)21(24)25/h2-13,23H,1H3,(H,24,25). The molecule has 3 aromatic rings. The number of aromatic hydroxyl groups is 1. The maximum absolute atomic E-state index is 13.5. The molecule has 7 heteroatoms. The van der Waals surface area contributed by atoms with Gasteiger partial charge in [-0.3, -0.25) is 4.31 Å². The van der Waals surface area contributed by atoms with Gasteiger partial charge in [-0.1, -0.05) is 42.5 Å². The first-order chi connectivity index (χ1) is 13.3. The highest BCUT2D eigenvalue weighted by atomic mass is 32.2. The van der Waals surface area contributed by atoms with Gasteiger partial charge in [0, 0.05) is 5.56 Å². The number of sulfonamides is 1. The summed E-state index contributed by atoms with van der Waals surface area (Å²) in [5.41, 5.74) is 2.69. The second-order valence-corrected chi connectivity index (χ2v) is 8.38. The second kappa shape index (κ2) is 6.38. The quantitative estimate of drug-likeness (QED) is 0.698. The van der Waals surface area contributed by atoms with Crippen LogP contribution >= 0.6 is 0 Å². The average molecular weight is 395 g/mol. The predicted molar refractivity (Wildman–Crippen MR) is 105 cm³/mol. The Labute approximate surface area is 162 Å². The van der Waals surface area contributed by atoms with E-state index in [0.717, 1.165) is 28.8 Å². The summed E-state index contributed by atoms with van der Waals surface area (Å²) in [6.07, 6.45) is 0. The second-order valence-electron chi connectivity index (χ2n) is 6.57. The molecule has 0 fully saturated rings. The van der Waals surface area contributed by atoms with Gasteiger partial charge in [0.25, 0.3) is 10.0 Å². The SMILES string of the molecule is CC1c2ccccc2-c2ccccc2N1S(=O)(=O)c1ccc(O)c(C(=O)O)c1. The summed E-state index contributed by atoms with van der Waals surface area (Å²) >= 11 is 0. The maximum atomic E-state index is 13.5. The third-order valence-electron chi connectivity index (χ3n) is 4.95. The fraction of sp³-hybridized carbons (Fsp3) is 0.0952. The van der Waals surface area contributed by atoms with Gasteiger partial charge in [0.2, 0.25) is 0 Å². The van der Waals surface area contributed by atoms with Crippen LogP contribution in [0.3, 0.4) is 0 Å². The Bertz CT molecular complexity index is 1200. The van der Waals surface area contributed by atoms with E-state index in [1.54, 1.807) is 19.1 Å². The van der Waals surface area contributed by atoms with Crippen molar-refractivity contribution in [3.63, 3.8) is 0 Å². The highest BCUT2D eigenvalue weighted by molar-refractivity contribution is 7.92. The van der Waals surface area contributed by atoms with Crippen LogP contribution in [0.1, 0.15) is 28.9 Å². The van der Waals surface area contributed by atoms with Crippen LogP contribution in [0.4, 0.5) is 5.69 Å². The van der Waals surface area contributed by atoms with Crippen molar-refractivity contribution in [2.24, 2.45) is 0 Å². The van der Waals surface area contributed by atoms with Gasteiger partial charge in [0.1, 0.15) is 11.3 Å². The molecule has 0 saturated carbocycles. The Balaban J connectivity index is 1.94. The van der Waals surface area contributed by atoms with E-state index in [2.05, 4.69) is 0 Å². The zero-order chi connectivity index (χ0) is 20.1. The summed E-state index contributed by atoms with van der Waals surface area (Å²) in [5, 5.41) is 19.0. The van der Waals surface area contributed by atoms with Gasteiger partial charge in [-0.15, -0.1) is 0 Å². The molecule has 1 atom stereocenters. The Morgan fingerprint density at radius 3 is 2.32 bits per heavy atom. The van der Waals surface area contributed by atoms with Crippen molar-refractivity contribution in [2.75, 3.05) is 4.31 Å². The summed E-state index contributed by atoms with van der Waals surface area (Å²) in [6.45, 7) is 1.80. The molecule has 142 valence electrons. The van der Waals surface area contributed by atoms with Gasteiger partial charge in [-0.25, -0.2) is 13.2 Å². The molecule has 0 radical (unpaired) electrons. The molecule has 1 aliphatic heterocycles. The third kappa shape index (κ3) is 2.63. The highest BCUT2D eigenvalue weighted by Crippen LogP contribution is 2.46. The predicted octanol–water partition coefficient (Wildman–Crippen LogP) is 4.03. The van der Waals surface area contributed by atoms with Gasteiger partial charge in [0.15, 0.2) is 0 Å². The minimum absolute atomic E-state index is 0.191. The fourth-order valence-corrected chi connectivity index (χ4v) is 5.32. The summed E-state index contributed by atoms with van der Waals surface area (Å²) in [7, 11) is -4.08. The number of carboxylic acid groups (broad SMARTS) is 1. The van der Waals surface area contributed by atoms with Gasteiger partial charge in [-0.2, -0.15) is 0 Å². The first-order valence-electron chi connectivity index (χ1n) is 8.61. The molecule has 0 spiro atoms. The molecule has 0 aliphatic carbocycles. The van der Waals surface area contributed by atoms with E-state index in [1.165, 1.54) is 10.4 Å². The van der Waals surface area contributed by atoms with Crippen molar-refractivity contribution in [2.45, 2.75) is 17.9 Å². The van der Waals surface area contributed by atoms with Crippen LogP contribution in [-0.4, -0.2) is 24.6 Å². The van der Waals surface area contributed by atoms with E-state index in [1.807, 2.05) is 36.4 Å². The monoisotopic (exact) mass is 395 g/mol. The maximum Gasteiger partial charge on any atom is 0.339 e. The van der Waals surface area contributed by atoms with E-state index in [4.69, 9.17) is 0 Å². The summed E-state index contributed by atoms with van der Waals surface area (Å²) < 4.78 is 28.3. The lowest BCUT2D eigenvalue weighted by Gasteiger charge is -2.37. The smallest absolute Gasteiger partial charge is 0.339 e. The van der Waals surface area contributed by atoms with E-state index in [-0.39, 0.29) is 4.90 Å². The molecule has 1 unspecified atom stereocenters. The van der Waals surface area contributed by atoms with Gasteiger partial charge in [-0.05, 0) is 42.3 Å². The number of nitrogens with zero attached hydrogens (tertiary/aromatic N) is 1.